The van der Waals surface area contributed by atoms with Crippen LogP contribution in [0.3, 0.4) is 0 Å². The number of nitrogens with one attached hydrogen (secondary N) is 2. The molecule has 3 aromatic carbocycles. The van der Waals surface area contributed by atoms with Crippen molar-refractivity contribution in [3.8, 4) is 5.75 Å². The summed E-state index contributed by atoms with van der Waals surface area (Å²) < 4.78 is 6.43. The minimum Gasteiger partial charge on any atom is -0.483 e. The third kappa shape index (κ3) is 3.65. The van der Waals surface area contributed by atoms with Crippen molar-refractivity contribution in [2.24, 2.45) is 0 Å². The Morgan fingerprint density at radius 3 is 2.21 bits per heavy atom. The molecule has 0 aliphatic carbocycles. The van der Waals surface area contributed by atoms with Gasteiger partial charge in [0.25, 0.3) is 0 Å². The van der Waals surface area contributed by atoms with E-state index in [1.54, 1.807) is 0 Å². The van der Waals surface area contributed by atoms with Gasteiger partial charge in [-0.05, 0) is 94.5 Å². The predicted molar refractivity (Wildman–Crippen MR) is 134 cm³/mol. The van der Waals surface area contributed by atoms with E-state index in [1.165, 1.54) is 0 Å². The van der Waals surface area contributed by atoms with Gasteiger partial charge in [0.1, 0.15) is 11.4 Å². The maximum Gasteiger partial charge on any atom is 0.319 e. The van der Waals surface area contributed by atoms with Gasteiger partial charge < -0.3 is 20.5 Å². The van der Waals surface area contributed by atoms with Crippen LogP contribution in [0.1, 0.15) is 62.4 Å². The maximum absolute atomic E-state index is 12.7. The summed E-state index contributed by atoms with van der Waals surface area (Å²) in [5.74, 6) is 0.687. The molecule has 2 amide bonds. The van der Waals surface area contributed by atoms with Gasteiger partial charge >= 0.3 is 6.03 Å². The maximum atomic E-state index is 12.7. The van der Waals surface area contributed by atoms with Crippen LogP contribution < -0.4 is 15.4 Å². The molecular weight excluding hydrogens is 412 g/mol. The van der Waals surface area contributed by atoms with Crippen LogP contribution in [0.2, 0.25) is 0 Å². The fraction of sp³-hybridized carbons (Fsp3) is 0.393. The van der Waals surface area contributed by atoms with Crippen LogP contribution in [0.4, 0.5) is 10.5 Å². The summed E-state index contributed by atoms with van der Waals surface area (Å²) in [6, 6.07) is 13.9. The summed E-state index contributed by atoms with van der Waals surface area (Å²) in [6.07, 6.45) is 0. The predicted octanol–water partition coefficient (Wildman–Crippen LogP) is 6.09. The Kier molecular flexibility index (Phi) is 5.25. The highest BCUT2D eigenvalue weighted by atomic mass is 16.5. The van der Waals surface area contributed by atoms with Crippen molar-refractivity contribution in [2.75, 3.05) is 5.32 Å². The van der Waals surface area contributed by atoms with E-state index in [0.29, 0.717) is 17.0 Å². The largest absolute Gasteiger partial charge is 0.483 e. The Bertz CT molecular complexity index is 1270. The summed E-state index contributed by atoms with van der Waals surface area (Å²) in [4.78, 5) is 12.7. The molecule has 0 spiro atoms. The fourth-order valence-electron chi connectivity index (χ4n) is 4.89. The molecule has 33 heavy (non-hydrogen) atoms. The van der Waals surface area contributed by atoms with Crippen molar-refractivity contribution in [3.05, 3.63) is 70.3 Å². The highest BCUT2D eigenvalue weighted by Gasteiger charge is 2.57. The lowest BCUT2D eigenvalue weighted by molar-refractivity contribution is -0.0644. The molecule has 5 heteroatoms. The van der Waals surface area contributed by atoms with E-state index in [1.807, 2.05) is 91.8 Å². The van der Waals surface area contributed by atoms with Crippen molar-refractivity contribution in [3.63, 3.8) is 0 Å². The van der Waals surface area contributed by atoms with Crippen LogP contribution in [-0.2, 0) is 5.60 Å². The molecule has 1 unspecified atom stereocenters. The Morgan fingerprint density at radius 1 is 0.939 bits per heavy atom. The minimum absolute atomic E-state index is 0.277. The molecule has 1 aliphatic rings. The topological polar surface area (TPSA) is 70.6 Å². The van der Waals surface area contributed by atoms with Gasteiger partial charge in [0.05, 0.1) is 0 Å². The molecule has 4 rings (SSSR count). The number of hydrogen-bond acceptors (Lipinski definition) is 3. The van der Waals surface area contributed by atoms with Crippen LogP contribution in [0.15, 0.2) is 42.5 Å². The minimum atomic E-state index is -1.40. The van der Waals surface area contributed by atoms with Gasteiger partial charge in [-0.3, -0.25) is 0 Å². The van der Waals surface area contributed by atoms with E-state index in [-0.39, 0.29) is 11.6 Å². The first-order chi connectivity index (χ1) is 15.3. The van der Waals surface area contributed by atoms with Gasteiger partial charge in [-0.25, -0.2) is 4.79 Å². The lowest BCUT2D eigenvalue weighted by Crippen LogP contribution is -2.48. The Labute approximate surface area is 196 Å². The lowest BCUT2D eigenvalue weighted by atomic mass is 9.73. The number of anilines is 1. The van der Waals surface area contributed by atoms with Gasteiger partial charge in [-0.1, -0.05) is 36.4 Å². The molecule has 3 N–H and O–H groups in total. The molecule has 1 heterocycles. The smallest absolute Gasteiger partial charge is 0.319 e. The number of ether oxygens (including phenoxy) is 1. The van der Waals surface area contributed by atoms with E-state index in [0.717, 1.165) is 33.0 Å². The summed E-state index contributed by atoms with van der Waals surface area (Å²) in [5, 5.41) is 20.5. The summed E-state index contributed by atoms with van der Waals surface area (Å²) in [6.45, 7) is 15.5. The van der Waals surface area contributed by atoms with Crippen molar-refractivity contribution in [2.45, 2.75) is 72.1 Å². The van der Waals surface area contributed by atoms with Gasteiger partial charge in [-0.2, -0.15) is 0 Å². The molecular formula is C28H34N2O3. The van der Waals surface area contributed by atoms with Crippen molar-refractivity contribution < 1.29 is 14.6 Å². The van der Waals surface area contributed by atoms with E-state index >= 15 is 0 Å². The van der Waals surface area contributed by atoms with Gasteiger partial charge in [-0.15, -0.1) is 0 Å². The van der Waals surface area contributed by atoms with Crippen LogP contribution in [0.25, 0.3) is 10.8 Å². The van der Waals surface area contributed by atoms with Gasteiger partial charge in [0, 0.05) is 16.8 Å². The Hall–Kier alpha value is -3.05. The molecule has 0 fully saturated rings. The van der Waals surface area contributed by atoms with E-state index in [2.05, 4.69) is 16.7 Å². The molecule has 0 saturated carbocycles. The van der Waals surface area contributed by atoms with E-state index < -0.39 is 11.2 Å². The fourth-order valence-corrected chi connectivity index (χ4v) is 4.89. The number of fused-ring (bicyclic) bond motifs is 2. The molecule has 1 aliphatic heterocycles. The zero-order chi connectivity index (χ0) is 24.3. The average molecular weight is 447 g/mol. The normalized spacial score (nSPS) is 19.2. The second kappa shape index (κ2) is 7.49. The van der Waals surface area contributed by atoms with Crippen molar-refractivity contribution in [1.29, 1.82) is 0 Å². The first-order valence-electron chi connectivity index (χ1n) is 11.4. The molecule has 174 valence electrons. The Morgan fingerprint density at radius 2 is 1.58 bits per heavy atom. The first kappa shape index (κ1) is 23.1. The molecule has 1 atom stereocenters. The molecule has 5 nitrogen and oxygen atoms in total. The van der Waals surface area contributed by atoms with Crippen molar-refractivity contribution >= 4 is 22.5 Å². The SMILES string of the molecule is Cc1c(C)c2c(c(C)c1NC(=O)NC(C)(C)C)C(O)(c1ccc3ccccc3c1)C(C)(C)O2. The average Bonchev–Trinajstić information content (AvgIpc) is 2.95. The van der Waals surface area contributed by atoms with Crippen LogP contribution in [-0.4, -0.2) is 22.3 Å². The third-order valence-corrected chi connectivity index (χ3v) is 6.74. The third-order valence-electron chi connectivity index (χ3n) is 6.74. The van der Waals surface area contributed by atoms with Crippen LogP contribution >= 0.6 is 0 Å². The number of benzene rings is 3. The van der Waals surface area contributed by atoms with Crippen molar-refractivity contribution in [1.82, 2.24) is 5.32 Å². The van der Waals surface area contributed by atoms with E-state index in [4.69, 9.17) is 4.74 Å². The monoisotopic (exact) mass is 446 g/mol. The second-order valence-corrected chi connectivity index (χ2v) is 10.7. The lowest BCUT2D eigenvalue weighted by Gasteiger charge is -2.36. The van der Waals surface area contributed by atoms with Crippen LogP contribution in [0.5, 0.6) is 5.75 Å². The molecule has 0 saturated heterocycles. The highest BCUT2D eigenvalue weighted by molar-refractivity contribution is 5.93. The Balaban J connectivity index is 1.92. The summed E-state index contributed by atoms with van der Waals surface area (Å²) in [5.41, 5.74) is 2.14. The highest BCUT2D eigenvalue weighted by Crippen LogP contribution is 2.56. The van der Waals surface area contributed by atoms with Gasteiger partial charge in [0.15, 0.2) is 5.60 Å². The number of carbonyl (C=O) groups is 1. The number of carbonyl (C=O) groups excluding carboxylic acids is 1. The molecule has 0 aromatic heterocycles. The van der Waals surface area contributed by atoms with Crippen LogP contribution in [0, 0.1) is 20.8 Å². The molecule has 3 aromatic rings. The zero-order valence-electron chi connectivity index (χ0n) is 20.8. The van der Waals surface area contributed by atoms with Gasteiger partial charge in [0.2, 0.25) is 0 Å². The number of aliphatic hydroxyl groups is 1. The molecule has 0 bridgehead atoms. The number of amides is 2. The molecule has 0 radical (unpaired) electrons. The quantitative estimate of drug-likeness (QED) is 0.446. The standard InChI is InChI=1S/C28H34N2O3/c1-16-17(2)24-22(18(3)23(16)29-25(31)30-26(4,5)6)28(32,27(7,8)33-24)21-14-13-19-11-9-10-12-20(19)15-21/h9-15,32H,1-8H3,(H2,29,30,31). The zero-order valence-corrected chi connectivity index (χ0v) is 20.8. The first-order valence-corrected chi connectivity index (χ1v) is 11.4. The second-order valence-electron chi connectivity index (χ2n) is 10.7. The number of hydrogen-bond donors (Lipinski definition) is 3. The number of urea groups is 1. The summed E-state index contributed by atoms with van der Waals surface area (Å²) >= 11 is 0. The van der Waals surface area contributed by atoms with E-state index in [9.17, 15) is 9.90 Å². The summed E-state index contributed by atoms with van der Waals surface area (Å²) in [7, 11) is 0. The number of rotatable bonds is 2.